The van der Waals surface area contributed by atoms with Crippen LogP contribution in [0.15, 0.2) is 77.7 Å². The van der Waals surface area contributed by atoms with Gasteiger partial charge in [0, 0.05) is 22.1 Å². The van der Waals surface area contributed by atoms with Gasteiger partial charge >= 0.3 is 0 Å². The van der Waals surface area contributed by atoms with Gasteiger partial charge in [-0.15, -0.1) is 11.8 Å². The first-order chi connectivity index (χ1) is 14.0. The van der Waals surface area contributed by atoms with Crippen LogP contribution in [0.5, 0.6) is 0 Å². The fourth-order valence-electron chi connectivity index (χ4n) is 2.73. The van der Waals surface area contributed by atoms with Crippen LogP contribution in [0.1, 0.15) is 26.3 Å². The Hall–Kier alpha value is -3.45. The van der Waals surface area contributed by atoms with Gasteiger partial charge < -0.3 is 5.32 Å². The molecule has 0 spiro atoms. The molecular formula is C22H18N2O4S. The van der Waals surface area contributed by atoms with Crippen LogP contribution in [0.2, 0.25) is 0 Å². The van der Waals surface area contributed by atoms with E-state index in [0.29, 0.717) is 22.4 Å². The molecule has 3 aromatic rings. The second-order valence-corrected chi connectivity index (χ2v) is 7.32. The van der Waals surface area contributed by atoms with E-state index in [2.05, 4.69) is 5.32 Å². The van der Waals surface area contributed by atoms with Crippen molar-refractivity contribution in [1.82, 2.24) is 0 Å². The average Bonchev–Trinajstić information content (AvgIpc) is 2.74. The summed E-state index contributed by atoms with van der Waals surface area (Å²) in [5.41, 5.74) is 1.79. The largest absolute Gasteiger partial charge is 0.321 e. The van der Waals surface area contributed by atoms with Crippen LogP contribution in [0, 0.1) is 17.0 Å². The highest BCUT2D eigenvalue weighted by Gasteiger charge is 2.16. The van der Waals surface area contributed by atoms with Crippen molar-refractivity contribution in [1.29, 1.82) is 0 Å². The van der Waals surface area contributed by atoms with Crippen molar-refractivity contribution in [2.24, 2.45) is 0 Å². The van der Waals surface area contributed by atoms with E-state index in [4.69, 9.17) is 0 Å². The Morgan fingerprint density at radius 3 is 2.38 bits per heavy atom. The normalized spacial score (nSPS) is 10.4. The molecule has 0 unspecified atom stereocenters. The van der Waals surface area contributed by atoms with Gasteiger partial charge in [-0.1, -0.05) is 42.5 Å². The second-order valence-electron chi connectivity index (χ2n) is 6.27. The lowest BCUT2D eigenvalue weighted by atomic mass is 10.1. The number of nitro groups is 1. The Morgan fingerprint density at radius 1 is 0.966 bits per heavy atom. The molecule has 0 saturated carbocycles. The Kier molecular flexibility index (Phi) is 6.41. The van der Waals surface area contributed by atoms with Crippen molar-refractivity contribution >= 4 is 34.8 Å². The Bertz CT molecular complexity index is 1070. The molecule has 3 aromatic carbocycles. The minimum atomic E-state index is -0.480. The molecule has 1 amide bonds. The number of nitro benzene ring substituents is 1. The summed E-state index contributed by atoms with van der Waals surface area (Å²) in [5.74, 6) is -0.0953. The molecule has 0 bridgehead atoms. The Balaban J connectivity index is 1.69. The van der Waals surface area contributed by atoms with E-state index in [1.165, 1.54) is 23.9 Å². The SMILES string of the molecule is Cc1c(NC(=O)c2cccc(SCC(=O)c3ccccc3)c2)cccc1[N+](=O)[O-]. The van der Waals surface area contributed by atoms with Crippen molar-refractivity contribution in [2.45, 2.75) is 11.8 Å². The summed E-state index contributed by atoms with van der Waals surface area (Å²) in [6.07, 6.45) is 0. The third-order valence-electron chi connectivity index (χ3n) is 4.31. The van der Waals surface area contributed by atoms with Gasteiger partial charge in [-0.2, -0.15) is 0 Å². The number of nitrogens with zero attached hydrogens (tertiary/aromatic N) is 1. The molecule has 7 heteroatoms. The molecule has 1 N–H and O–H groups in total. The highest BCUT2D eigenvalue weighted by molar-refractivity contribution is 8.00. The molecule has 0 aliphatic rings. The summed E-state index contributed by atoms with van der Waals surface area (Å²) in [4.78, 5) is 36.2. The minimum Gasteiger partial charge on any atom is -0.321 e. The molecule has 0 fully saturated rings. The lowest BCUT2D eigenvalue weighted by Crippen LogP contribution is -2.13. The highest BCUT2D eigenvalue weighted by Crippen LogP contribution is 2.26. The van der Waals surface area contributed by atoms with Gasteiger partial charge in [0.05, 0.1) is 21.9 Å². The first-order valence-corrected chi connectivity index (χ1v) is 9.81. The highest BCUT2D eigenvalue weighted by atomic mass is 32.2. The van der Waals surface area contributed by atoms with E-state index in [9.17, 15) is 19.7 Å². The topological polar surface area (TPSA) is 89.3 Å². The van der Waals surface area contributed by atoms with Crippen molar-refractivity contribution in [3.05, 3.63) is 99.6 Å². The molecule has 6 nitrogen and oxygen atoms in total. The van der Waals surface area contributed by atoms with Gasteiger partial charge in [0.25, 0.3) is 11.6 Å². The van der Waals surface area contributed by atoms with Crippen molar-refractivity contribution < 1.29 is 14.5 Å². The van der Waals surface area contributed by atoms with Crippen LogP contribution < -0.4 is 5.32 Å². The fourth-order valence-corrected chi connectivity index (χ4v) is 3.58. The number of nitrogens with one attached hydrogen (secondary N) is 1. The standard InChI is InChI=1S/C22H18N2O4S/c1-15-19(11-6-12-20(15)24(27)28)23-22(26)17-9-5-10-18(13-17)29-14-21(25)16-7-3-2-4-8-16/h2-13H,14H2,1H3,(H,23,26). The summed E-state index contributed by atoms with van der Waals surface area (Å²) in [5, 5.41) is 13.8. The summed E-state index contributed by atoms with van der Waals surface area (Å²) >= 11 is 1.35. The van der Waals surface area contributed by atoms with E-state index in [-0.39, 0.29) is 23.1 Å². The predicted molar refractivity (Wildman–Crippen MR) is 114 cm³/mol. The number of carbonyl (C=O) groups is 2. The third-order valence-corrected chi connectivity index (χ3v) is 5.31. The monoisotopic (exact) mass is 406 g/mol. The molecule has 0 radical (unpaired) electrons. The zero-order chi connectivity index (χ0) is 20.8. The van der Waals surface area contributed by atoms with E-state index in [1.807, 2.05) is 24.3 Å². The summed E-state index contributed by atoms with van der Waals surface area (Å²) in [6, 6.07) is 20.5. The smallest absolute Gasteiger partial charge is 0.274 e. The second kappa shape index (κ2) is 9.16. The molecule has 0 aliphatic carbocycles. The maximum Gasteiger partial charge on any atom is 0.274 e. The number of thioether (sulfide) groups is 1. The number of ketones is 1. The molecule has 0 atom stereocenters. The maximum atomic E-state index is 12.6. The summed E-state index contributed by atoms with van der Waals surface area (Å²) < 4.78 is 0. The van der Waals surface area contributed by atoms with E-state index >= 15 is 0 Å². The molecule has 3 rings (SSSR count). The molecule has 29 heavy (non-hydrogen) atoms. The average molecular weight is 406 g/mol. The first-order valence-electron chi connectivity index (χ1n) is 8.82. The zero-order valence-electron chi connectivity index (χ0n) is 15.6. The first kappa shape index (κ1) is 20.3. The van der Waals surface area contributed by atoms with Crippen LogP contribution in [-0.4, -0.2) is 22.4 Å². The van der Waals surface area contributed by atoms with Crippen molar-refractivity contribution in [2.75, 3.05) is 11.1 Å². The number of anilines is 1. The van der Waals surface area contributed by atoms with Gasteiger partial charge in [-0.25, -0.2) is 0 Å². The number of benzene rings is 3. The van der Waals surface area contributed by atoms with Gasteiger partial charge in [-0.05, 0) is 31.2 Å². The predicted octanol–water partition coefficient (Wildman–Crippen LogP) is 5.13. The number of hydrogen-bond donors (Lipinski definition) is 1. The number of hydrogen-bond acceptors (Lipinski definition) is 5. The fraction of sp³-hybridized carbons (Fsp3) is 0.0909. The quantitative estimate of drug-likeness (QED) is 0.254. The zero-order valence-corrected chi connectivity index (χ0v) is 16.4. The molecular weight excluding hydrogens is 388 g/mol. The number of rotatable bonds is 7. The number of amides is 1. The molecule has 0 aromatic heterocycles. The summed E-state index contributed by atoms with van der Waals surface area (Å²) in [7, 11) is 0. The maximum absolute atomic E-state index is 12.6. The molecule has 0 aliphatic heterocycles. The van der Waals surface area contributed by atoms with E-state index < -0.39 is 4.92 Å². The van der Waals surface area contributed by atoms with Gasteiger partial charge in [-0.3, -0.25) is 19.7 Å². The lowest BCUT2D eigenvalue weighted by molar-refractivity contribution is -0.385. The number of carbonyl (C=O) groups excluding carboxylic acids is 2. The van der Waals surface area contributed by atoms with Crippen LogP contribution in [-0.2, 0) is 0 Å². The van der Waals surface area contributed by atoms with Crippen molar-refractivity contribution in [3.63, 3.8) is 0 Å². The van der Waals surface area contributed by atoms with Crippen LogP contribution in [0.25, 0.3) is 0 Å². The van der Waals surface area contributed by atoms with Crippen molar-refractivity contribution in [3.8, 4) is 0 Å². The Morgan fingerprint density at radius 2 is 1.66 bits per heavy atom. The van der Waals surface area contributed by atoms with Crippen LogP contribution in [0.4, 0.5) is 11.4 Å². The summed E-state index contributed by atoms with van der Waals surface area (Å²) in [6.45, 7) is 1.59. The van der Waals surface area contributed by atoms with Gasteiger partial charge in [0.1, 0.15) is 0 Å². The minimum absolute atomic E-state index is 0.0117. The molecule has 0 heterocycles. The van der Waals surface area contributed by atoms with E-state index in [1.54, 1.807) is 43.3 Å². The van der Waals surface area contributed by atoms with Crippen LogP contribution >= 0.6 is 11.8 Å². The van der Waals surface area contributed by atoms with E-state index in [0.717, 1.165) is 4.90 Å². The third kappa shape index (κ3) is 5.08. The number of Topliss-reactive ketones (excluding diaryl/α,β-unsaturated/α-hetero) is 1. The Labute approximate surface area is 172 Å². The van der Waals surface area contributed by atoms with Crippen LogP contribution in [0.3, 0.4) is 0 Å². The molecule has 146 valence electrons. The molecule has 0 saturated heterocycles. The lowest BCUT2D eigenvalue weighted by Gasteiger charge is -2.09. The van der Waals surface area contributed by atoms with Gasteiger partial charge in [0.2, 0.25) is 0 Å². The van der Waals surface area contributed by atoms with Gasteiger partial charge in [0.15, 0.2) is 5.78 Å².